The van der Waals surface area contributed by atoms with Crippen LogP contribution in [0.15, 0.2) is 24.3 Å². The molecule has 0 spiro atoms. The molecular formula is C14H18F2N2O2. The summed E-state index contributed by atoms with van der Waals surface area (Å²) in [5.74, 6) is 0. The number of rotatable bonds is 3. The van der Waals surface area contributed by atoms with Crippen LogP contribution < -0.4 is 5.32 Å². The van der Waals surface area contributed by atoms with Crippen molar-refractivity contribution in [2.45, 2.75) is 25.8 Å². The molecule has 6 heteroatoms. The fourth-order valence-electron chi connectivity index (χ4n) is 2.21. The normalized spacial score (nSPS) is 19.2. The first-order valence-electron chi connectivity index (χ1n) is 6.65. The first-order chi connectivity index (χ1) is 9.61. The van der Waals surface area contributed by atoms with Gasteiger partial charge in [-0.05, 0) is 18.6 Å². The van der Waals surface area contributed by atoms with E-state index in [0.717, 1.165) is 6.42 Å². The van der Waals surface area contributed by atoms with Gasteiger partial charge in [0.15, 0.2) is 0 Å². The summed E-state index contributed by atoms with van der Waals surface area (Å²) in [7, 11) is 0. The van der Waals surface area contributed by atoms with Crippen LogP contribution in [-0.4, -0.2) is 36.7 Å². The molecule has 1 aliphatic heterocycles. The molecule has 1 aliphatic rings. The van der Waals surface area contributed by atoms with Crippen LogP contribution in [0.25, 0.3) is 0 Å². The Morgan fingerprint density at radius 3 is 3.05 bits per heavy atom. The van der Waals surface area contributed by atoms with Gasteiger partial charge in [-0.2, -0.15) is 0 Å². The number of carbonyl (C=O) groups is 1. The smallest absolute Gasteiger partial charge is 0.322 e. The van der Waals surface area contributed by atoms with E-state index in [2.05, 4.69) is 5.32 Å². The average Bonchev–Trinajstić information content (AvgIpc) is 2.47. The summed E-state index contributed by atoms with van der Waals surface area (Å²) in [6, 6.07) is 5.50. The van der Waals surface area contributed by atoms with Crippen LogP contribution in [0.4, 0.5) is 19.3 Å². The molecule has 0 radical (unpaired) electrons. The average molecular weight is 284 g/mol. The highest BCUT2D eigenvalue weighted by Gasteiger charge is 2.26. The number of hydrogen-bond acceptors (Lipinski definition) is 2. The van der Waals surface area contributed by atoms with Gasteiger partial charge in [0, 0.05) is 17.8 Å². The highest BCUT2D eigenvalue weighted by molar-refractivity contribution is 5.89. The molecule has 20 heavy (non-hydrogen) atoms. The van der Waals surface area contributed by atoms with E-state index in [1.807, 2.05) is 6.92 Å². The molecule has 1 unspecified atom stereocenters. The van der Waals surface area contributed by atoms with Gasteiger partial charge in [-0.15, -0.1) is 0 Å². The van der Waals surface area contributed by atoms with Gasteiger partial charge in [-0.3, -0.25) is 0 Å². The van der Waals surface area contributed by atoms with E-state index in [1.54, 1.807) is 11.0 Å². The number of nitrogens with one attached hydrogen (secondary N) is 1. The van der Waals surface area contributed by atoms with Crippen molar-refractivity contribution in [3.05, 3.63) is 29.8 Å². The summed E-state index contributed by atoms with van der Waals surface area (Å²) < 4.78 is 30.6. The fraction of sp³-hybridized carbons (Fsp3) is 0.500. The quantitative estimate of drug-likeness (QED) is 0.925. The zero-order valence-corrected chi connectivity index (χ0v) is 11.3. The molecule has 0 aliphatic carbocycles. The van der Waals surface area contributed by atoms with Crippen molar-refractivity contribution in [3.8, 4) is 0 Å². The van der Waals surface area contributed by atoms with Gasteiger partial charge in [-0.25, -0.2) is 13.6 Å². The molecule has 2 rings (SSSR count). The maximum Gasteiger partial charge on any atom is 0.322 e. The molecule has 1 aromatic carbocycles. The zero-order valence-electron chi connectivity index (χ0n) is 11.3. The Hall–Kier alpha value is -1.69. The molecule has 0 bridgehead atoms. The second kappa shape index (κ2) is 6.65. The van der Waals surface area contributed by atoms with Crippen molar-refractivity contribution in [2.75, 3.05) is 25.1 Å². The van der Waals surface area contributed by atoms with Crippen molar-refractivity contribution < 1.29 is 18.3 Å². The van der Waals surface area contributed by atoms with Crippen LogP contribution in [0.1, 0.15) is 25.3 Å². The SMILES string of the molecule is CCC1COCCN1C(=O)Nc1cccc(C(F)F)c1. The van der Waals surface area contributed by atoms with E-state index < -0.39 is 6.43 Å². The molecule has 2 amide bonds. The van der Waals surface area contributed by atoms with Crippen LogP contribution in [0.5, 0.6) is 0 Å². The van der Waals surface area contributed by atoms with Crippen LogP contribution in [0, 0.1) is 0 Å². The Morgan fingerprint density at radius 1 is 1.55 bits per heavy atom. The number of morpholine rings is 1. The van der Waals surface area contributed by atoms with Crippen LogP contribution >= 0.6 is 0 Å². The zero-order chi connectivity index (χ0) is 14.5. The van der Waals surface area contributed by atoms with Gasteiger partial charge in [-0.1, -0.05) is 19.1 Å². The van der Waals surface area contributed by atoms with Crippen molar-refractivity contribution in [1.82, 2.24) is 4.90 Å². The second-order valence-corrected chi connectivity index (χ2v) is 4.69. The number of carbonyl (C=O) groups excluding carboxylic acids is 1. The van der Waals surface area contributed by atoms with Gasteiger partial charge in [0.1, 0.15) is 0 Å². The Labute approximate surface area is 116 Å². The molecule has 0 aromatic heterocycles. The fourth-order valence-corrected chi connectivity index (χ4v) is 2.21. The molecule has 4 nitrogen and oxygen atoms in total. The Kier molecular flexibility index (Phi) is 4.89. The summed E-state index contributed by atoms with van der Waals surface area (Å²) >= 11 is 0. The number of urea groups is 1. The molecule has 1 heterocycles. The van der Waals surface area contributed by atoms with Gasteiger partial charge in [0.25, 0.3) is 6.43 Å². The van der Waals surface area contributed by atoms with Gasteiger partial charge in [0.05, 0.1) is 19.3 Å². The lowest BCUT2D eigenvalue weighted by atomic mass is 10.2. The third-order valence-electron chi connectivity index (χ3n) is 3.35. The summed E-state index contributed by atoms with van der Waals surface area (Å²) in [5, 5.41) is 2.67. The van der Waals surface area contributed by atoms with Gasteiger partial charge < -0.3 is 15.0 Å². The van der Waals surface area contributed by atoms with E-state index in [-0.39, 0.29) is 17.6 Å². The van der Waals surface area contributed by atoms with Crippen molar-refractivity contribution in [1.29, 1.82) is 0 Å². The van der Waals surface area contributed by atoms with Gasteiger partial charge in [0.2, 0.25) is 0 Å². The molecule has 1 fully saturated rings. The van der Waals surface area contributed by atoms with E-state index >= 15 is 0 Å². The Bertz CT molecular complexity index is 468. The minimum Gasteiger partial charge on any atom is -0.377 e. The van der Waals surface area contributed by atoms with E-state index in [1.165, 1.54) is 18.2 Å². The lowest BCUT2D eigenvalue weighted by molar-refractivity contribution is 0.0144. The molecule has 0 saturated carbocycles. The molecule has 110 valence electrons. The number of hydrogen-bond donors (Lipinski definition) is 1. The van der Waals surface area contributed by atoms with Crippen LogP contribution in [-0.2, 0) is 4.74 Å². The van der Waals surface area contributed by atoms with E-state index in [0.29, 0.717) is 25.4 Å². The maximum atomic E-state index is 12.6. The standard InChI is InChI=1S/C14H18F2N2O2/c1-2-12-9-20-7-6-18(12)14(19)17-11-5-3-4-10(8-11)13(15)16/h3-5,8,12-13H,2,6-7,9H2,1H3,(H,17,19). The minimum absolute atomic E-state index is 0.0297. The molecule has 1 atom stereocenters. The highest BCUT2D eigenvalue weighted by atomic mass is 19.3. The molecular weight excluding hydrogens is 266 g/mol. The van der Waals surface area contributed by atoms with Crippen molar-refractivity contribution in [3.63, 3.8) is 0 Å². The van der Waals surface area contributed by atoms with Gasteiger partial charge >= 0.3 is 6.03 Å². The van der Waals surface area contributed by atoms with Crippen LogP contribution in [0.2, 0.25) is 0 Å². The lowest BCUT2D eigenvalue weighted by Crippen LogP contribution is -2.50. The molecule has 1 saturated heterocycles. The summed E-state index contributed by atoms with van der Waals surface area (Å²) in [6.45, 7) is 3.51. The first-order valence-corrected chi connectivity index (χ1v) is 6.65. The Balaban J connectivity index is 2.05. The number of ether oxygens (including phenoxy) is 1. The number of benzene rings is 1. The topological polar surface area (TPSA) is 41.6 Å². The molecule has 1 N–H and O–H groups in total. The predicted octanol–water partition coefficient (Wildman–Crippen LogP) is 3.27. The van der Waals surface area contributed by atoms with E-state index in [4.69, 9.17) is 4.74 Å². The second-order valence-electron chi connectivity index (χ2n) is 4.69. The minimum atomic E-state index is -2.54. The number of anilines is 1. The van der Waals surface area contributed by atoms with Crippen LogP contribution in [0.3, 0.4) is 0 Å². The Morgan fingerprint density at radius 2 is 2.35 bits per heavy atom. The summed E-state index contributed by atoms with van der Waals surface area (Å²) in [4.78, 5) is 13.9. The number of nitrogens with zero attached hydrogens (tertiary/aromatic N) is 1. The van der Waals surface area contributed by atoms with Crippen molar-refractivity contribution in [2.24, 2.45) is 0 Å². The number of amides is 2. The first kappa shape index (κ1) is 14.7. The third-order valence-corrected chi connectivity index (χ3v) is 3.35. The number of alkyl halides is 2. The monoisotopic (exact) mass is 284 g/mol. The predicted molar refractivity (Wildman–Crippen MR) is 72.0 cm³/mol. The van der Waals surface area contributed by atoms with E-state index in [9.17, 15) is 13.6 Å². The largest absolute Gasteiger partial charge is 0.377 e. The maximum absolute atomic E-state index is 12.6. The highest BCUT2D eigenvalue weighted by Crippen LogP contribution is 2.22. The summed E-state index contributed by atoms with van der Waals surface area (Å²) in [5.41, 5.74) is 0.283. The third kappa shape index (κ3) is 3.45. The summed E-state index contributed by atoms with van der Waals surface area (Å²) in [6.07, 6.45) is -1.75. The van der Waals surface area contributed by atoms with Crippen molar-refractivity contribution >= 4 is 11.7 Å². The number of halogens is 2. The molecule has 1 aromatic rings. The lowest BCUT2D eigenvalue weighted by Gasteiger charge is -2.35.